The van der Waals surface area contributed by atoms with Crippen LogP contribution in [0.2, 0.25) is 0 Å². The second-order valence-corrected chi connectivity index (χ2v) is 17.0. The van der Waals surface area contributed by atoms with Gasteiger partial charge in [0.2, 0.25) is 11.8 Å². The summed E-state index contributed by atoms with van der Waals surface area (Å²) >= 11 is 0. The molecule has 4 nitrogen and oxygen atoms in total. The topological polar surface area (TPSA) is 66.4 Å². The van der Waals surface area contributed by atoms with E-state index in [4.69, 9.17) is 0 Å². The van der Waals surface area contributed by atoms with Crippen molar-refractivity contribution in [2.45, 2.75) is 137 Å². The SMILES string of the molecule is CC(C)C1=C2C3CCC4[C@@](C)(CCC5C(C)(C)[C@@H](O)CC[C@@]54C)C3CC[C@@]2(C(=O)NCC2CCC(F)(F)CC2)CC1=O. The molecule has 0 aromatic carbocycles. The number of carbonyl (C=O) groups excluding carboxylic acids is 2. The fourth-order valence-electron chi connectivity index (χ4n) is 12.3. The number of Topliss-reactive ketones (excluding diaryl/α,β-unsaturated/α-hetero) is 1. The molecule has 6 aliphatic carbocycles. The predicted molar refractivity (Wildman–Crippen MR) is 161 cm³/mol. The molecule has 5 saturated carbocycles. The van der Waals surface area contributed by atoms with Gasteiger partial charge in [0.25, 0.3) is 0 Å². The number of amides is 1. The van der Waals surface area contributed by atoms with E-state index in [1.807, 2.05) is 0 Å². The Hall–Kier alpha value is -1.30. The van der Waals surface area contributed by atoms with E-state index in [1.165, 1.54) is 0 Å². The standard InChI is InChI=1S/C36H55F2NO3/c1-21(2)29-25(40)19-35(31(42)39-20-22-9-17-36(37,38)18-10-22)16-11-24-23(30(29)35)7-8-27-33(24,5)14-12-26-32(3,4)28(41)13-15-34(26,27)6/h21-24,26-28,41H,7-20H2,1-6H3,(H,39,42)/t23?,24?,26?,27?,28-,33-,34-,35+/m0/s1. The molecule has 8 atom stereocenters. The summed E-state index contributed by atoms with van der Waals surface area (Å²) in [6, 6.07) is 0. The lowest BCUT2D eigenvalue weighted by molar-refractivity contribution is -0.203. The van der Waals surface area contributed by atoms with Gasteiger partial charge in [0.05, 0.1) is 11.5 Å². The summed E-state index contributed by atoms with van der Waals surface area (Å²) in [7, 11) is 0. The van der Waals surface area contributed by atoms with E-state index in [9.17, 15) is 23.5 Å². The van der Waals surface area contributed by atoms with Crippen molar-refractivity contribution in [3.63, 3.8) is 0 Å². The zero-order valence-corrected chi connectivity index (χ0v) is 27.0. The first-order chi connectivity index (χ1) is 19.6. The van der Waals surface area contributed by atoms with Gasteiger partial charge in [-0.05, 0) is 127 Å². The lowest BCUT2D eigenvalue weighted by Crippen LogP contribution is -2.63. The third-order valence-electron chi connectivity index (χ3n) is 14.4. The molecule has 0 radical (unpaired) electrons. The molecule has 6 aliphatic rings. The Morgan fingerprint density at radius 2 is 1.55 bits per heavy atom. The Kier molecular flexibility index (Phi) is 7.39. The van der Waals surface area contributed by atoms with Crippen LogP contribution in [-0.2, 0) is 9.59 Å². The zero-order chi connectivity index (χ0) is 30.5. The molecule has 0 heterocycles. The minimum Gasteiger partial charge on any atom is -0.393 e. The molecule has 5 fully saturated rings. The summed E-state index contributed by atoms with van der Waals surface area (Å²) in [4.78, 5) is 27.9. The number of rotatable bonds is 4. The number of hydrogen-bond acceptors (Lipinski definition) is 3. The average Bonchev–Trinajstić information content (AvgIpc) is 3.23. The third-order valence-corrected chi connectivity index (χ3v) is 14.4. The largest absolute Gasteiger partial charge is 0.393 e. The van der Waals surface area contributed by atoms with Crippen LogP contribution in [0.5, 0.6) is 0 Å². The van der Waals surface area contributed by atoms with E-state index in [-0.39, 0.29) is 71.1 Å². The van der Waals surface area contributed by atoms with Crippen LogP contribution in [0, 0.1) is 57.2 Å². The van der Waals surface area contributed by atoms with Crippen molar-refractivity contribution in [3.8, 4) is 0 Å². The second kappa shape index (κ2) is 10.1. The first-order valence-electron chi connectivity index (χ1n) is 17.2. The summed E-state index contributed by atoms with van der Waals surface area (Å²) in [5.41, 5.74) is 1.59. The maximum atomic E-state index is 14.2. The molecule has 0 bridgehead atoms. The van der Waals surface area contributed by atoms with Crippen molar-refractivity contribution in [1.29, 1.82) is 0 Å². The zero-order valence-electron chi connectivity index (χ0n) is 27.0. The van der Waals surface area contributed by atoms with Crippen molar-refractivity contribution in [1.82, 2.24) is 5.32 Å². The molecule has 0 aromatic rings. The number of nitrogens with one attached hydrogen (secondary N) is 1. The second-order valence-electron chi connectivity index (χ2n) is 17.0. The summed E-state index contributed by atoms with van der Waals surface area (Å²) in [5.74, 6) is -0.471. The van der Waals surface area contributed by atoms with E-state index in [0.717, 1.165) is 56.1 Å². The van der Waals surface area contributed by atoms with Gasteiger partial charge in [0.1, 0.15) is 0 Å². The van der Waals surface area contributed by atoms with Gasteiger partial charge < -0.3 is 10.4 Å². The Bertz CT molecular complexity index is 1150. The molecule has 236 valence electrons. The molecule has 0 spiro atoms. The fraction of sp³-hybridized carbons (Fsp3) is 0.889. The van der Waals surface area contributed by atoms with Crippen molar-refractivity contribution in [2.75, 3.05) is 6.54 Å². The molecular weight excluding hydrogens is 532 g/mol. The van der Waals surface area contributed by atoms with Gasteiger partial charge >= 0.3 is 0 Å². The Morgan fingerprint density at radius 3 is 2.21 bits per heavy atom. The number of aliphatic hydroxyl groups excluding tert-OH is 1. The van der Waals surface area contributed by atoms with Crippen molar-refractivity contribution >= 4 is 11.7 Å². The monoisotopic (exact) mass is 587 g/mol. The van der Waals surface area contributed by atoms with E-state index < -0.39 is 11.3 Å². The normalized spacial score (nSPS) is 44.7. The number of carbonyl (C=O) groups is 2. The van der Waals surface area contributed by atoms with Gasteiger partial charge in [0, 0.05) is 25.8 Å². The molecule has 0 saturated heterocycles. The molecule has 42 heavy (non-hydrogen) atoms. The fourth-order valence-corrected chi connectivity index (χ4v) is 12.3. The van der Waals surface area contributed by atoms with Gasteiger partial charge in [-0.1, -0.05) is 41.5 Å². The first-order valence-corrected chi connectivity index (χ1v) is 17.2. The number of fused-ring (bicyclic) bond motifs is 7. The molecule has 6 heteroatoms. The van der Waals surface area contributed by atoms with Gasteiger partial charge in [0.15, 0.2) is 5.78 Å². The smallest absolute Gasteiger partial charge is 0.248 e. The van der Waals surface area contributed by atoms with Gasteiger partial charge in [-0.3, -0.25) is 9.59 Å². The number of ketones is 1. The Labute approximate surface area is 252 Å². The minimum atomic E-state index is -2.57. The van der Waals surface area contributed by atoms with E-state index in [0.29, 0.717) is 43.6 Å². The van der Waals surface area contributed by atoms with Gasteiger partial charge in [-0.15, -0.1) is 0 Å². The minimum absolute atomic E-state index is 0.0248. The maximum absolute atomic E-state index is 14.2. The van der Waals surface area contributed by atoms with Crippen LogP contribution in [0.3, 0.4) is 0 Å². The molecule has 0 aromatic heterocycles. The Balaban J connectivity index is 1.29. The van der Waals surface area contributed by atoms with Crippen LogP contribution in [0.1, 0.15) is 125 Å². The van der Waals surface area contributed by atoms with Crippen molar-refractivity contribution in [3.05, 3.63) is 11.1 Å². The van der Waals surface area contributed by atoms with E-state index in [1.54, 1.807) is 0 Å². The molecule has 2 N–H and O–H groups in total. The van der Waals surface area contributed by atoms with E-state index in [2.05, 4.69) is 46.9 Å². The highest BCUT2D eigenvalue weighted by atomic mass is 19.3. The highest BCUT2D eigenvalue weighted by molar-refractivity contribution is 6.06. The van der Waals surface area contributed by atoms with Crippen LogP contribution in [-0.4, -0.2) is 35.4 Å². The number of halogens is 2. The molecule has 4 unspecified atom stereocenters. The van der Waals surface area contributed by atoms with E-state index >= 15 is 0 Å². The van der Waals surface area contributed by atoms with Gasteiger partial charge in [-0.2, -0.15) is 0 Å². The van der Waals surface area contributed by atoms with Crippen LogP contribution in [0.15, 0.2) is 11.1 Å². The lowest BCUT2D eigenvalue weighted by atomic mass is 9.36. The highest BCUT2D eigenvalue weighted by Gasteiger charge is 2.67. The van der Waals surface area contributed by atoms with Gasteiger partial charge in [-0.25, -0.2) is 8.78 Å². The van der Waals surface area contributed by atoms with Crippen LogP contribution in [0.25, 0.3) is 0 Å². The summed E-state index contributed by atoms with van der Waals surface area (Å²) in [6.45, 7) is 14.3. The average molecular weight is 588 g/mol. The molecular formula is C36H55F2NO3. The van der Waals surface area contributed by atoms with Crippen molar-refractivity contribution in [2.24, 2.45) is 57.2 Å². The van der Waals surface area contributed by atoms with Crippen molar-refractivity contribution < 1.29 is 23.5 Å². The number of alkyl halides is 2. The first kappa shape index (κ1) is 30.7. The van der Waals surface area contributed by atoms with Crippen LogP contribution >= 0.6 is 0 Å². The Morgan fingerprint density at radius 1 is 0.881 bits per heavy atom. The summed E-state index contributed by atoms with van der Waals surface area (Å²) < 4.78 is 27.5. The summed E-state index contributed by atoms with van der Waals surface area (Å²) in [6.07, 6.45) is 8.80. The van der Waals surface area contributed by atoms with Crippen LogP contribution < -0.4 is 5.32 Å². The molecule has 1 amide bonds. The van der Waals surface area contributed by atoms with Crippen LogP contribution in [0.4, 0.5) is 8.78 Å². The maximum Gasteiger partial charge on any atom is 0.248 e. The number of hydrogen-bond donors (Lipinski definition) is 2. The molecule has 0 aliphatic heterocycles. The highest BCUT2D eigenvalue weighted by Crippen LogP contribution is 2.72. The number of allylic oxidation sites excluding steroid dienone is 1. The molecule has 6 rings (SSSR count). The third kappa shape index (κ3) is 4.41. The predicted octanol–water partition coefficient (Wildman–Crippen LogP) is 7.88. The number of aliphatic hydroxyl groups is 1. The summed E-state index contributed by atoms with van der Waals surface area (Å²) in [5, 5.41) is 14.2. The quantitative estimate of drug-likeness (QED) is 0.352. The lowest BCUT2D eigenvalue weighted by Gasteiger charge is -2.68.